The van der Waals surface area contributed by atoms with Crippen LogP contribution < -0.4 is 11.5 Å². The fourth-order valence-electron chi connectivity index (χ4n) is 1.17. The standard InChI is InChI=1S/C9H10Cl2N2O2/c10-4-3-5(13)7(6(14)1-2-12)8(11)9(4)15/h3,15H,1-2,12-13H2. The molecule has 0 aliphatic rings. The van der Waals surface area contributed by atoms with Crippen molar-refractivity contribution in [1.82, 2.24) is 0 Å². The normalized spacial score (nSPS) is 10.3. The van der Waals surface area contributed by atoms with Crippen LogP contribution in [0.4, 0.5) is 5.69 Å². The van der Waals surface area contributed by atoms with E-state index in [1.54, 1.807) is 0 Å². The van der Waals surface area contributed by atoms with Crippen molar-refractivity contribution < 1.29 is 9.90 Å². The third-order valence-electron chi connectivity index (χ3n) is 1.87. The summed E-state index contributed by atoms with van der Waals surface area (Å²) in [6, 6.07) is 1.28. The van der Waals surface area contributed by atoms with Crippen LogP contribution in [0.2, 0.25) is 10.0 Å². The van der Waals surface area contributed by atoms with Crippen LogP contribution in [-0.4, -0.2) is 17.4 Å². The minimum atomic E-state index is -0.340. The summed E-state index contributed by atoms with van der Waals surface area (Å²) < 4.78 is 0. The number of anilines is 1. The number of phenols is 1. The van der Waals surface area contributed by atoms with E-state index < -0.39 is 0 Å². The molecular formula is C9H10Cl2N2O2. The molecule has 0 atom stereocenters. The van der Waals surface area contributed by atoms with Gasteiger partial charge in [-0.15, -0.1) is 0 Å². The molecule has 5 N–H and O–H groups in total. The summed E-state index contributed by atoms with van der Waals surface area (Å²) in [6.45, 7) is 0.192. The van der Waals surface area contributed by atoms with Crippen molar-refractivity contribution in [3.05, 3.63) is 21.7 Å². The van der Waals surface area contributed by atoms with Crippen LogP contribution in [0.1, 0.15) is 16.8 Å². The molecule has 1 aromatic carbocycles. The van der Waals surface area contributed by atoms with E-state index in [9.17, 15) is 9.90 Å². The van der Waals surface area contributed by atoms with Gasteiger partial charge in [-0.2, -0.15) is 0 Å². The summed E-state index contributed by atoms with van der Waals surface area (Å²) in [5.41, 5.74) is 11.0. The number of halogens is 2. The van der Waals surface area contributed by atoms with E-state index >= 15 is 0 Å². The number of hydrogen-bond donors (Lipinski definition) is 3. The second-order valence-electron chi connectivity index (χ2n) is 2.95. The number of carbonyl (C=O) groups excluding carboxylic acids is 1. The largest absolute Gasteiger partial charge is 0.505 e. The second-order valence-corrected chi connectivity index (χ2v) is 3.73. The number of carbonyl (C=O) groups is 1. The zero-order chi connectivity index (χ0) is 11.6. The van der Waals surface area contributed by atoms with E-state index in [2.05, 4.69) is 0 Å². The molecule has 0 fully saturated rings. The highest BCUT2D eigenvalue weighted by Gasteiger charge is 2.19. The molecule has 0 aliphatic heterocycles. The van der Waals surface area contributed by atoms with Crippen molar-refractivity contribution in [2.45, 2.75) is 6.42 Å². The Morgan fingerprint density at radius 2 is 2.07 bits per heavy atom. The molecule has 0 amide bonds. The van der Waals surface area contributed by atoms with Gasteiger partial charge < -0.3 is 16.6 Å². The highest BCUT2D eigenvalue weighted by molar-refractivity contribution is 6.40. The van der Waals surface area contributed by atoms with E-state index in [0.717, 1.165) is 0 Å². The topological polar surface area (TPSA) is 89.3 Å². The Bertz CT molecular complexity index is 408. The molecule has 0 aromatic heterocycles. The summed E-state index contributed by atoms with van der Waals surface area (Å²) in [5, 5.41) is 9.31. The van der Waals surface area contributed by atoms with Crippen molar-refractivity contribution in [3.63, 3.8) is 0 Å². The van der Waals surface area contributed by atoms with Crippen LogP contribution in [0.5, 0.6) is 5.75 Å². The molecule has 0 bridgehead atoms. The van der Waals surface area contributed by atoms with Gasteiger partial charge in [0.25, 0.3) is 0 Å². The molecule has 0 aliphatic carbocycles. The Hall–Kier alpha value is -0.970. The van der Waals surface area contributed by atoms with Crippen LogP contribution >= 0.6 is 23.2 Å². The van der Waals surface area contributed by atoms with E-state index in [-0.39, 0.29) is 45.8 Å². The quantitative estimate of drug-likeness (QED) is 0.433. The zero-order valence-electron chi connectivity index (χ0n) is 7.76. The van der Waals surface area contributed by atoms with Crippen LogP contribution in [0.25, 0.3) is 0 Å². The van der Waals surface area contributed by atoms with E-state index in [4.69, 9.17) is 34.7 Å². The first-order chi connectivity index (χ1) is 6.99. The fraction of sp³-hybridized carbons (Fsp3) is 0.222. The highest BCUT2D eigenvalue weighted by Crippen LogP contribution is 2.38. The fourth-order valence-corrected chi connectivity index (χ4v) is 1.74. The first-order valence-corrected chi connectivity index (χ1v) is 4.94. The summed E-state index contributed by atoms with van der Waals surface area (Å²) >= 11 is 11.4. The molecule has 0 saturated carbocycles. The van der Waals surface area contributed by atoms with Crippen molar-refractivity contribution in [2.75, 3.05) is 12.3 Å². The van der Waals surface area contributed by atoms with E-state index in [1.807, 2.05) is 0 Å². The monoisotopic (exact) mass is 248 g/mol. The van der Waals surface area contributed by atoms with Gasteiger partial charge in [-0.3, -0.25) is 4.79 Å². The van der Waals surface area contributed by atoms with Gasteiger partial charge in [0, 0.05) is 12.1 Å². The lowest BCUT2D eigenvalue weighted by molar-refractivity contribution is 0.0986. The highest BCUT2D eigenvalue weighted by atomic mass is 35.5. The molecule has 4 nitrogen and oxygen atoms in total. The van der Waals surface area contributed by atoms with Gasteiger partial charge in [0.2, 0.25) is 0 Å². The molecule has 0 heterocycles. The predicted molar refractivity (Wildman–Crippen MR) is 60.5 cm³/mol. The zero-order valence-corrected chi connectivity index (χ0v) is 9.27. The minimum absolute atomic E-state index is 0.0156. The Labute approximate surface area is 96.8 Å². The molecule has 0 spiro atoms. The van der Waals surface area contributed by atoms with Gasteiger partial charge in [0.05, 0.1) is 15.6 Å². The van der Waals surface area contributed by atoms with Gasteiger partial charge >= 0.3 is 0 Å². The molecule has 0 saturated heterocycles. The maximum atomic E-state index is 11.6. The number of phenolic OH excluding ortho intramolecular Hbond substituents is 1. The molecule has 0 unspecified atom stereocenters. The van der Waals surface area contributed by atoms with Crippen molar-refractivity contribution in [3.8, 4) is 5.75 Å². The number of aromatic hydroxyl groups is 1. The second kappa shape index (κ2) is 4.70. The third-order valence-corrected chi connectivity index (χ3v) is 2.53. The van der Waals surface area contributed by atoms with Crippen molar-refractivity contribution >= 4 is 34.7 Å². The summed E-state index contributed by atoms with van der Waals surface area (Å²) in [7, 11) is 0. The lowest BCUT2D eigenvalue weighted by Crippen LogP contribution is -2.11. The Morgan fingerprint density at radius 3 is 2.60 bits per heavy atom. The number of benzene rings is 1. The predicted octanol–water partition coefficient (Wildman–Crippen LogP) is 1.81. The van der Waals surface area contributed by atoms with Crippen molar-refractivity contribution in [2.24, 2.45) is 5.73 Å². The van der Waals surface area contributed by atoms with Gasteiger partial charge in [-0.05, 0) is 12.6 Å². The molecule has 82 valence electrons. The molecule has 6 heteroatoms. The van der Waals surface area contributed by atoms with Crippen LogP contribution in [0, 0.1) is 0 Å². The lowest BCUT2D eigenvalue weighted by atomic mass is 10.1. The molecular weight excluding hydrogens is 239 g/mol. The number of Topliss-reactive ketones (excluding diaryl/α,β-unsaturated/α-hetero) is 1. The Morgan fingerprint density at radius 1 is 1.47 bits per heavy atom. The average Bonchev–Trinajstić information content (AvgIpc) is 2.15. The number of nitrogen functional groups attached to an aromatic ring is 1. The van der Waals surface area contributed by atoms with E-state index in [1.165, 1.54) is 6.07 Å². The van der Waals surface area contributed by atoms with Gasteiger partial charge in [-0.25, -0.2) is 0 Å². The Balaban J connectivity index is 3.29. The lowest BCUT2D eigenvalue weighted by Gasteiger charge is -2.09. The number of ketones is 1. The molecule has 15 heavy (non-hydrogen) atoms. The SMILES string of the molecule is NCCC(=O)c1c(N)cc(Cl)c(O)c1Cl. The van der Waals surface area contributed by atoms with Crippen LogP contribution in [0.15, 0.2) is 6.07 Å². The van der Waals surface area contributed by atoms with Crippen LogP contribution in [0.3, 0.4) is 0 Å². The smallest absolute Gasteiger partial charge is 0.167 e. The van der Waals surface area contributed by atoms with Gasteiger partial charge in [-0.1, -0.05) is 23.2 Å². The number of hydrogen-bond acceptors (Lipinski definition) is 4. The third kappa shape index (κ3) is 2.34. The number of nitrogens with two attached hydrogens (primary N) is 2. The maximum absolute atomic E-state index is 11.6. The van der Waals surface area contributed by atoms with Crippen LogP contribution in [-0.2, 0) is 0 Å². The summed E-state index contributed by atoms with van der Waals surface area (Å²) in [4.78, 5) is 11.6. The van der Waals surface area contributed by atoms with Gasteiger partial charge in [0.15, 0.2) is 11.5 Å². The van der Waals surface area contributed by atoms with E-state index in [0.29, 0.717) is 0 Å². The summed E-state index contributed by atoms with van der Waals surface area (Å²) in [6.07, 6.45) is 0.116. The van der Waals surface area contributed by atoms with Crippen molar-refractivity contribution in [1.29, 1.82) is 0 Å². The average molecular weight is 249 g/mol. The maximum Gasteiger partial charge on any atom is 0.167 e. The first-order valence-electron chi connectivity index (χ1n) is 4.18. The molecule has 1 aromatic rings. The molecule has 1 rings (SSSR count). The number of rotatable bonds is 3. The first kappa shape index (κ1) is 12.1. The minimum Gasteiger partial charge on any atom is -0.505 e. The summed E-state index contributed by atoms with van der Waals surface area (Å²) in [5.74, 6) is -0.653. The molecule has 0 radical (unpaired) electrons. The Kier molecular flexibility index (Phi) is 3.79. The van der Waals surface area contributed by atoms with Gasteiger partial charge in [0.1, 0.15) is 0 Å².